The lowest BCUT2D eigenvalue weighted by Crippen LogP contribution is -2.41. The first kappa shape index (κ1) is 17.9. The molecule has 4 atom stereocenters. The number of ether oxygens (including phenoxy) is 1. The highest BCUT2D eigenvalue weighted by atomic mass is 16.5. The molecule has 1 aromatic carbocycles. The summed E-state index contributed by atoms with van der Waals surface area (Å²) >= 11 is 0. The normalized spacial score (nSPS) is 27.3. The molecule has 1 N–H and O–H groups in total. The number of fused-ring (bicyclic) bond motifs is 2. The van der Waals surface area contributed by atoms with Gasteiger partial charge < -0.3 is 10.1 Å². The summed E-state index contributed by atoms with van der Waals surface area (Å²) in [5.74, 6) is 0. The first-order valence-electron chi connectivity index (χ1n) is 10.3. The fourth-order valence-corrected chi connectivity index (χ4v) is 4.44. The van der Waals surface area contributed by atoms with E-state index >= 15 is 0 Å². The molecule has 2 unspecified atom stereocenters. The van der Waals surface area contributed by atoms with Crippen molar-refractivity contribution in [3.05, 3.63) is 35.9 Å². The summed E-state index contributed by atoms with van der Waals surface area (Å²) in [6.45, 7) is 2.28. The average molecular weight is 330 g/mol. The number of hydrogen-bond acceptors (Lipinski definition) is 2. The van der Waals surface area contributed by atoms with Crippen LogP contribution < -0.4 is 5.32 Å². The van der Waals surface area contributed by atoms with Crippen molar-refractivity contribution < 1.29 is 4.74 Å². The second-order valence-electron chi connectivity index (χ2n) is 7.82. The van der Waals surface area contributed by atoms with Gasteiger partial charge in [0.25, 0.3) is 0 Å². The highest BCUT2D eigenvalue weighted by Gasteiger charge is 2.35. The van der Waals surface area contributed by atoms with Gasteiger partial charge in [0.2, 0.25) is 0 Å². The Morgan fingerprint density at radius 2 is 1.62 bits per heavy atom. The Bertz CT molecular complexity index is 448. The minimum Gasteiger partial charge on any atom is -0.370 e. The zero-order valence-corrected chi connectivity index (χ0v) is 15.4. The molecule has 24 heavy (non-hydrogen) atoms. The van der Waals surface area contributed by atoms with E-state index in [1.54, 1.807) is 0 Å². The van der Waals surface area contributed by atoms with Crippen LogP contribution in [0.15, 0.2) is 30.3 Å². The summed E-state index contributed by atoms with van der Waals surface area (Å²) in [6.07, 6.45) is 15.2. The first-order valence-corrected chi connectivity index (χ1v) is 10.3. The number of benzene rings is 1. The lowest BCUT2D eigenvalue weighted by molar-refractivity contribution is -0.0415. The van der Waals surface area contributed by atoms with E-state index < -0.39 is 0 Å². The van der Waals surface area contributed by atoms with E-state index in [0.29, 0.717) is 24.3 Å². The summed E-state index contributed by atoms with van der Waals surface area (Å²) < 4.78 is 6.65. The van der Waals surface area contributed by atoms with Gasteiger partial charge in [-0.15, -0.1) is 0 Å². The van der Waals surface area contributed by atoms with Gasteiger partial charge >= 0.3 is 0 Å². The lowest BCUT2D eigenvalue weighted by Gasteiger charge is -2.32. The summed E-state index contributed by atoms with van der Waals surface area (Å²) in [7, 11) is 0. The molecule has 2 saturated heterocycles. The predicted octanol–water partition coefficient (Wildman–Crippen LogP) is 5.78. The van der Waals surface area contributed by atoms with Gasteiger partial charge in [0.05, 0.1) is 12.2 Å². The van der Waals surface area contributed by atoms with Crippen molar-refractivity contribution in [2.45, 2.75) is 102 Å². The second kappa shape index (κ2) is 9.58. The molecule has 134 valence electrons. The highest BCUT2D eigenvalue weighted by Crippen LogP contribution is 2.33. The Balaban J connectivity index is 1.50. The van der Waals surface area contributed by atoms with Crippen LogP contribution in [0, 0.1) is 0 Å². The van der Waals surface area contributed by atoms with Gasteiger partial charge in [-0.25, -0.2) is 0 Å². The van der Waals surface area contributed by atoms with Crippen molar-refractivity contribution in [1.82, 2.24) is 5.32 Å². The van der Waals surface area contributed by atoms with Crippen LogP contribution in [0.2, 0.25) is 0 Å². The third-order valence-electron chi connectivity index (χ3n) is 5.78. The summed E-state index contributed by atoms with van der Waals surface area (Å²) in [5.41, 5.74) is 1.37. The molecular formula is C22H35NO. The van der Waals surface area contributed by atoms with E-state index in [-0.39, 0.29) is 0 Å². The van der Waals surface area contributed by atoms with Crippen molar-refractivity contribution in [3.63, 3.8) is 0 Å². The Morgan fingerprint density at radius 3 is 2.33 bits per heavy atom. The van der Waals surface area contributed by atoms with Crippen molar-refractivity contribution >= 4 is 0 Å². The fourth-order valence-electron chi connectivity index (χ4n) is 4.44. The van der Waals surface area contributed by atoms with Crippen LogP contribution in [0.5, 0.6) is 0 Å². The molecule has 0 radical (unpaired) electrons. The van der Waals surface area contributed by atoms with Crippen LogP contribution in [0.4, 0.5) is 0 Å². The Morgan fingerprint density at radius 1 is 0.958 bits per heavy atom. The maximum atomic E-state index is 6.65. The minimum absolute atomic E-state index is 0.292. The number of hydrogen-bond donors (Lipinski definition) is 1. The Labute approximate surface area is 148 Å². The van der Waals surface area contributed by atoms with Gasteiger partial charge in [-0.05, 0) is 37.7 Å². The predicted molar refractivity (Wildman–Crippen MR) is 101 cm³/mol. The van der Waals surface area contributed by atoms with E-state index in [4.69, 9.17) is 4.74 Å². The molecule has 2 fully saturated rings. The van der Waals surface area contributed by atoms with Crippen LogP contribution in [0.1, 0.15) is 89.2 Å². The fraction of sp³-hybridized carbons (Fsp3) is 0.727. The molecule has 2 aliphatic heterocycles. The van der Waals surface area contributed by atoms with Crippen LogP contribution in [-0.4, -0.2) is 18.2 Å². The quantitative estimate of drug-likeness (QED) is 0.550. The molecule has 2 bridgehead atoms. The molecule has 2 heteroatoms. The molecule has 1 aromatic rings. The van der Waals surface area contributed by atoms with Crippen molar-refractivity contribution in [1.29, 1.82) is 0 Å². The van der Waals surface area contributed by atoms with Crippen molar-refractivity contribution in [2.24, 2.45) is 0 Å². The third kappa shape index (κ3) is 5.32. The number of rotatable bonds is 10. The smallest absolute Gasteiger partial charge is 0.0828 e. The standard InChI is InChI=1S/C22H35NO/c1-2-3-4-5-6-10-13-22(18-11-8-7-9-12-18)24-21-16-19-14-15-20(17-21)23-19/h7-9,11-12,19-23H,2-6,10,13-17H2,1H3/t19-,20+,21?,22?. The Hall–Kier alpha value is -0.860. The maximum Gasteiger partial charge on any atom is 0.0828 e. The topological polar surface area (TPSA) is 21.3 Å². The van der Waals surface area contributed by atoms with E-state index in [9.17, 15) is 0 Å². The zero-order chi connectivity index (χ0) is 16.6. The molecule has 2 nitrogen and oxygen atoms in total. The van der Waals surface area contributed by atoms with Gasteiger partial charge in [0.15, 0.2) is 0 Å². The zero-order valence-electron chi connectivity index (χ0n) is 15.4. The number of piperidine rings is 1. The second-order valence-corrected chi connectivity index (χ2v) is 7.82. The molecule has 2 aliphatic rings. The van der Waals surface area contributed by atoms with Crippen LogP contribution in [-0.2, 0) is 4.74 Å². The van der Waals surface area contributed by atoms with Gasteiger partial charge in [-0.3, -0.25) is 0 Å². The minimum atomic E-state index is 0.292. The first-order chi connectivity index (χ1) is 11.8. The van der Waals surface area contributed by atoms with Crippen molar-refractivity contribution in [3.8, 4) is 0 Å². The largest absolute Gasteiger partial charge is 0.370 e. The maximum absolute atomic E-state index is 6.65. The SMILES string of the molecule is CCCCCCCCC(OC1C[C@H]2CC[C@@H](C1)N2)c1ccccc1. The molecule has 0 saturated carbocycles. The van der Waals surface area contributed by atoms with Gasteiger partial charge in [-0.1, -0.05) is 75.8 Å². The van der Waals surface area contributed by atoms with Gasteiger partial charge in [-0.2, -0.15) is 0 Å². The monoisotopic (exact) mass is 329 g/mol. The lowest BCUT2D eigenvalue weighted by atomic mass is 9.99. The van der Waals surface area contributed by atoms with E-state index in [2.05, 4.69) is 42.6 Å². The number of nitrogens with one attached hydrogen (secondary N) is 1. The van der Waals surface area contributed by atoms with E-state index in [1.165, 1.54) is 76.2 Å². The third-order valence-corrected chi connectivity index (χ3v) is 5.78. The molecule has 0 spiro atoms. The molecule has 0 aliphatic carbocycles. The van der Waals surface area contributed by atoms with Crippen LogP contribution in [0.3, 0.4) is 0 Å². The molecular weight excluding hydrogens is 294 g/mol. The van der Waals surface area contributed by atoms with Crippen molar-refractivity contribution in [2.75, 3.05) is 0 Å². The summed E-state index contributed by atoms with van der Waals surface area (Å²) in [4.78, 5) is 0. The van der Waals surface area contributed by atoms with Crippen LogP contribution in [0.25, 0.3) is 0 Å². The van der Waals surface area contributed by atoms with E-state index in [1.807, 2.05) is 0 Å². The average Bonchev–Trinajstić information content (AvgIpc) is 2.96. The van der Waals surface area contributed by atoms with Gasteiger partial charge in [0.1, 0.15) is 0 Å². The molecule has 0 amide bonds. The highest BCUT2D eigenvalue weighted by molar-refractivity contribution is 5.17. The van der Waals surface area contributed by atoms with Gasteiger partial charge in [0, 0.05) is 12.1 Å². The van der Waals surface area contributed by atoms with Crippen LogP contribution >= 0.6 is 0 Å². The molecule has 3 rings (SSSR count). The summed E-state index contributed by atoms with van der Waals surface area (Å²) in [6, 6.07) is 12.3. The molecule has 0 aromatic heterocycles. The Kier molecular flexibility index (Phi) is 7.16. The number of unbranched alkanes of at least 4 members (excludes halogenated alkanes) is 5. The summed E-state index contributed by atoms with van der Waals surface area (Å²) in [5, 5.41) is 3.73. The molecule has 2 heterocycles. The van der Waals surface area contributed by atoms with E-state index in [0.717, 1.165) is 0 Å².